The molecule has 0 bridgehead atoms. The van der Waals surface area contributed by atoms with E-state index in [1.54, 1.807) is 17.6 Å². The number of halogens is 1. The Hall–Kier alpha value is -1.80. The molecule has 2 aliphatic heterocycles. The van der Waals surface area contributed by atoms with E-state index in [2.05, 4.69) is 16.8 Å². The molecule has 2 aromatic rings. The van der Waals surface area contributed by atoms with E-state index >= 15 is 0 Å². The van der Waals surface area contributed by atoms with Crippen molar-refractivity contribution in [3.63, 3.8) is 0 Å². The van der Waals surface area contributed by atoms with Gasteiger partial charge in [-0.1, -0.05) is 11.6 Å². The number of pyridine rings is 1. The second kappa shape index (κ2) is 6.49. The molecule has 3 N–H and O–H groups in total. The van der Waals surface area contributed by atoms with Crippen molar-refractivity contribution >= 4 is 22.9 Å². The highest BCUT2D eigenvalue weighted by Crippen LogP contribution is 2.37. The summed E-state index contributed by atoms with van der Waals surface area (Å²) < 4.78 is 2.05. The molecule has 1 saturated heterocycles. The minimum absolute atomic E-state index is 0.0231. The molecule has 7 nitrogen and oxygen atoms in total. The quantitative estimate of drug-likeness (QED) is 0.813. The maximum Gasteiger partial charge on any atom is 0.119 e. The van der Waals surface area contributed by atoms with Crippen molar-refractivity contribution in [1.29, 1.82) is 0 Å². The first kappa shape index (κ1) is 16.7. The third-order valence-electron chi connectivity index (χ3n) is 5.11. The molecule has 25 heavy (non-hydrogen) atoms. The lowest BCUT2D eigenvalue weighted by Crippen LogP contribution is -2.43. The Balaban J connectivity index is 1.82. The second-order valence-corrected chi connectivity index (χ2v) is 7.11. The average Bonchev–Trinajstić information content (AvgIpc) is 3.24. The fourth-order valence-corrected chi connectivity index (χ4v) is 3.97. The van der Waals surface area contributed by atoms with Crippen LogP contribution < -0.4 is 10.7 Å². The van der Waals surface area contributed by atoms with Gasteiger partial charge in [-0.15, -0.1) is 0 Å². The predicted molar refractivity (Wildman–Crippen MR) is 97.9 cm³/mol. The van der Waals surface area contributed by atoms with Crippen LogP contribution in [0.3, 0.4) is 0 Å². The van der Waals surface area contributed by atoms with Crippen LogP contribution in [0.25, 0.3) is 5.52 Å². The fourth-order valence-electron chi connectivity index (χ4n) is 3.71. The zero-order valence-corrected chi connectivity index (χ0v) is 15.0. The van der Waals surface area contributed by atoms with Crippen LogP contribution in [0.2, 0.25) is 5.02 Å². The van der Waals surface area contributed by atoms with Crippen LogP contribution in [0.1, 0.15) is 31.4 Å². The summed E-state index contributed by atoms with van der Waals surface area (Å²) in [6.07, 6.45) is 8.93. The first-order chi connectivity index (χ1) is 12.1. The molecule has 2 aliphatic rings. The normalized spacial score (nSPS) is 20.8. The molecule has 0 aliphatic carbocycles. The summed E-state index contributed by atoms with van der Waals surface area (Å²) >= 11 is 6.52. The van der Waals surface area contributed by atoms with Gasteiger partial charge in [0.2, 0.25) is 0 Å². The number of nitrogens with zero attached hydrogens (tertiary/aromatic N) is 5. The predicted octanol–water partition coefficient (Wildman–Crippen LogP) is 1.93. The van der Waals surface area contributed by atoms with Crippen molar-refractivity contribution in [2.75, 3.05) is 24.5 Å². The van der Waals surface area contributed by atoms with E-state index in [1.165, 1.54) is 0 Å². The maximum atomic E-state index is 9.87. The Kier molecular flexibility index (Phi) is 4.33. The number of fused-ring (bicyclic) bond motifs is 1. The average molecular weight is 363 g/mol. The summed E-state index contributed by atoms with van der Waals surface area (Å²) in [6.45, 7) is 4.42. The Bertz CT molecular complexity index is 798. The summed E-state index contributed by atoms with van der Waals surface area (Å²) in [4.78, 5) is 6.59. The van der Waals surface area contributed by atoms with Crippen LogP contribution >= 0.6 is 11.6 Å². The van der Waals surface area contributed by atoms with Crippen LogP contribution in [-0.2, 0) is 0 Å². The largest absolute Gasteiger partial charge is 0.393 e. The molecule has 8 heteroatoms. The number of aromatic nitrogens is 2. The van der Waals surface area contributed by atoms with Crippen molar-refractivity contribution in [3.8, 4) is 0 Å². The molecule has 4 heterocycles. The molecule has 0 radical (unpaired) electrons. The lowest BCUT2D eigenvalue weighted by Gasteiger charge is -2.37. The van der Waals surface area contributed by atoms with Crippen LogP contribution in [0.5, 0.6) is 0 Å². The van der Waals surface area contributed by atoms with Gasteiger partial charge in [-0.2, -0.15) is 5.12 Å². The number of imidazole rings is 1. The Morgan fingerprint density at radius 2 is 2.12 bits per heavy atom. The molecule has 4 rings (SSSR count). The Morgan fingerprint density at radius 3 is 2.80 bits per heavy atom. The molecule has 1 fully saturated rings. The number of anilines is 1. The van der Waals surface area contributed by atoms with E-state index in [1.807, 2.05) is 27.8 Å². The SMILES string of the molecule is CC(c1cc(Cl)c2cncn2c1N1CCC(O)CC1)N1C=CCN1N. The standard InChI is InChI=1S/C17H23ClN6O/c1-12(23-5-2-6-24(23)19)14-9-15(18)16-10-20-11-22(16)17(14)21-7-3-13(25)4-8-21/h2,5,9-13,25H,3-4,6-8,19H2,1H3. The molecule has 0 amide bonds. The van der Waals surface area contributed by atoms with E-state index in [0.29, 0.717) is 11.6 Å². The highest BCUT2D eigenvalue weighted by Gasteiger charge is 2.28. The van der Waals surface area contributed by atoms with Gasteiger partial charge in [-0.05, 0) is 31.9 Å². The van der Waals surface area contributed by atoms with E-state index in [9.17, 15) is 5.11 Å². The summed E-state index contributed by atoms with van der Waals surface area (Å²) in [6, 6.07) is 2.04. The topological polar surface area (TPSA) is 73.3 Å². The van der Waals surface area contributed by atoms with Crippen molar-refractivity contribution in [2.24, 2.45) is 5.84 Å². The zero-order chi connectivity index (χ0) is 17.6. The summed E-state index contributed by atoms with van der Waals surface area (Å²) in [5.74, 6) is 7.17. The lowest BCUT2D eigenvalue weighted by molar-refractivity contribution is 0.0158. The maximum absolute atomic E-state index is 9.87. The van der Waals surface area contributed by atoms with Gasteiger partial charge in [0.1, 0.15) is 12.1 Å². The molecule has 0 aromatic carbocycles. The number of hydrazine groups is 2. The van der Waals surface area contributed by atoms with Gasteiger partial charge in [0.15, 0.2) is 0 Å². The fraction of sp³-hybridized carbons (Fsp3) is 0.471. The van der Waals surface area contributed by atoms with Gasteiger partial charge in [0.25, 0.3) is 0 Å². The first-order valence-electron chi connectivity index (χ1n) is 8.61. The molecular formula is C17H23ClN6O. The van der Waals surface area contributed by atoms with E-state index in [4.69, 9.17) is 17.4 Å². The molecular weight excluding hydrogens is 340 g/mol. The van der Waals surface area contributed by atoms with Gasteiger partial charge in [0, 0.05) is 24.9 Å². The number of nitrogens with two attached hydrogens (primary N) is 1. The van der Waals surface area contributed by atoms with Crippen LogP contribution in [0.4, 0.5) is 5.82 Å². The first-order valence-corrected chi connectivity index (χ1v) is 8.98. The second-order valence-electron chi connectivity index (χ2n) is 6.70. The van der Waals surface area contributed by atoms with E-state index < -0.39 is 0 Å². The van der Waals surface area contributed by atoms with Crippen molar-refractivity contribution in [1.82, 2.24) is 19.5 Å². The highest BCUT2D eigenvalue weighted by atomic mass is 35.5. The van der Waals surface area contributed by atoms with E-state index in [0.717, 1.165) is 42.8 Å². The van der Waals surface area contributed by atoms with Gasteiger partial charge in [-0.25, -0.2) is 4.98 Å². The minimum Gasteiger partial charge on any atom is -0.393 e. The molecule has 2 aromatic heterocycles. The summed E-state index contributed by atoms with van der Waals surface area (Å²) in [5.41, 5.74) is 1.98. The van der Waals surface area contributed by atoms with Gasteiger partial charge >= 0.3 is 0 Å². The molecule has 0 saturated carbocycles. The van der Waals surface area contributed by atoms with Gasteiger partial charge in [0.05, 0.1) is 35.4 Å². The monoisotopic (exact) mass is 362 g/mol. The lowest BCUT2D eigenvalue weighted by atomic mass is 10.0. The van der Waals surface area contributed by atoms with E-state index in [-0.39, 0.29) is 12.1 Å². The highest BCUT2D eigenvalue weighted by molar-refractivity contribution is 6.34. The summed E-state index contributed by atoms with van der Waals surface area (Å²) in [5, 5.41) is 14.2. The number of aliphatic hydroxyl groups excluding tert-OH is 1. The third kappa shape index (κ3) is 2.87. The third-order valence-corrected chi connectivity index (χ3v) is 5.41. The molecule has 1 atom stereocenters. The summed E-state index contributed by atoms with van der Waals surface area (Å²) in [7, 11) is 0. The van der Waals surface area contributed by atoms with Crippen LogP contribution in [-0.4, -0.2) is 50.4 Å². The Labute approximate surface area is 151 Å². The Morgan fingerprint density at radius 1 is 1.36 bits per heavy atom. The van der Waals surface area contributed by atoms with Crippen molar-refractivity contribution in [2.45, 2.75) is 31.9 Å². The number of hydrogen-bond acceptors (Lipinski definition) is 6. The van der Waals surface area contributed by atoms with Crippen molar-refractivity contribution < 1.29 is 5.11 Å². The van der Waals surface area contributed by atoms with Crippen LogP contribution in [0, 0.1) is 0 Å². The zero-order valence-electron chi connectivity index (χ0n) is 14.2. The molecule has 1 unspecified atom stereocenters. The number of hydrogen-bond donors (Lipinski definition) is 2. The molecule has 0 spiro atoms. The van der Waals surface area contributed by atoms with Crippen LogP contribution in [0.15, 0.2) is 30.9 Å². The minimum atomic E-state index is -0.219. The van der Waals surface area contributed by atoms with Crippen molar-refractivity contribution in [3.05, 3.63) is 41.5 Å². The smallest absolute Gasteiger partial charge is 0.119 e. The van der Waals surface area contributed by atoms with Gasteiger partial charge < -0.3 is 10.0 Å². The molecule has 134 valence electrons. The number of rotatable bonds is 3. The number of piperidine rings is 1. The van der Waals surface area contributed by atoms with Gasteiger partial charge in [-0.3, -0.25) is 15.3 Å². The number of aliphatic hydroxyl groups is 1.